The molecule has 1 saturated carbocycles. The van der Waals surface area contributed by atoms with Gasteiger partial charge in [0.25, 0.3) is 0 Å². The molecule has 0 spiro atoms. The van der Waals surface area contributed by atoms with Gasteiger partial charge in [0.05, 0.1) is 5.54 Å². The van der Waals surface area contributed by atoms with Crippen molar-refractivity contribution in [2.45, 2.75) is 55.9 Å². The van der Waals surface area contributed by atoms with Gasteiger partial charge < -0.3 is 4.52 Å². The van der Waals surface area contributed by atoms with Gasteiger partial charge in [0, 0.05) is 19.3 Å². The molecule has 124 valence electrons. The monoisotopic (exact) mass is 336 g/mol. The molecule has 2 heterocycles. The molecule has 1 fully saturated rings. The molecule has 1 aliphatic rings. The third kappa shape index (κ3) is 3.42. The molecule has 0 atom stereocenters. The summed E-state index contributed by atoms with van der Waals surface area (Å²) in [5.41, 5.74) is -0.817. The summed E-state index contributed by atoms with van der Waals surface area (Å²) < 4.78 is 33.5. The lowest BCUT2D eigenvalue weighted by Gasteiger charge is -2.30. The van der Waals surface area contributed by atoms with Crippen LogP contribution in [0.2, 0.25) is 0 Å². The van der Waals surface area contributed by atoms with Crippen molar-refractivity contribution in [1.82, 2.24) is 19.8 Å². The van der Waals surface area contributed by atoms with Crippen LogP contribution in [0.15, 0.2) is 33.9 Å². The second-order valence-corrected chi connectivity index (χ2v) is 7.61. The lowest BCUT2D eigenvalue weighted by molar-refractivity contribution is 0.301. The second-order valence-electron chi connectivity index (χ2n) is 5.93. The molecule has 23 heavy (non-hydrogen) atoms. The minimum Gasteiger partial charge on any atom is -0.340 e. The summed E-state index contributed by atoms with van der Waals surface area (Å²) in [6, 6.07) is 3.13. The molecular weight excluding hydrogens is 316 g/mol. The van der Waals surface area contributed by atoms with Gasteiger partial charge in [-0.05, 0) is 25.0 Å². The van der Waals surface area contributed by atoms with Crippen LogP contribution in [-0.2, 0) is 15.6 Å². The number of nitrogens with one attached hydrogen (secondary N) is 1. The molecule has 0 aromatic carbocycles. The number of hydrogen-bond acceptors (Lipinski definition) is 6. The summed E-state index contributed by atoms with van der Waals surface area (Å²) in [4.78, 5) is 8.34. The molecule has 1 N–H and O–H groups in total. The molecule has 0 radical (unpaired) electrons. The molecule has 8 heteroatoms. The molecule has 7 nitrogen and oxygen atoms in total. The van der Waals surface area contributed by atoms with E-state index in [1.54, 1.807) is 19.2 Å². The first-order valence-electron chi connectivity index (χ1n) is 7.77. The minimum absolute atomic E-state index is 0.142. The highest BCUT2D eigenvalue weighted by Crippen LogP contribution is 2.36. The van der Waals surface area contributed by atoms with Crippen LogP contribution in [0.1, 0.15) is 50.2 Å². The maximum atomic E-state index is 12.8. The average molecular weight is 336 g/mol. The lowest BCUT2D eigenvalue weighted by Crippen LogP contribution is -2.46. The minimum atomic E-state index is -3.71. The SMILES string of the molecule is Cc1nc(C2(NS(=O)(=O)c3cccnc3)CCCCCC2)no1. The van der Waals surface area contributed by atoms with Crippen molar-refractivity contribution in [2.75, 3.05) is 0 Å². The van der Waals surface area contributed by atoms with E-state index in [1.165, 1.54) is 12.3 Å². The van der Waals surface area contributed by atoms with Crippen molar-refractivity contribution in [3.05, 3.63) is 36.2 Å². The van der Waals surface area contributed by atoms with E-state index in [-0.39, 0.29) is 4.90 Å². The first-order valence-corrected chi connectivity index (χ1v) is 9.25. The number of aryl methyl sites for hydroxylation is 1. The molecule has 2 aromatic rings. The molecule has 0 aliphatic heterocycles. The van der Waals surface area contributed by atoms with Gasteiger partial charge in [-0.1, -0.05) is 30.8 Å². The van der Waals surface area contributed by atoms with Crippen LogP contribution in [0.4, 0.5) is 0 Å². The predicted molar refractivity (Wildman–Crippen MR) is 83.0 cm³/mol. The van der Waals surface area contributed by atoms with E-state index in [0.29, 0.717) is 24.6 Å². The summed E-state index contributed by atoms with van der Waals surface area (Å²) in [5.74, 6) is 0.855. The van der Waals surface area contributed by atoms with Crippen LogP contribution in [0.3, 0.4) is 0 Å². The van der Waals surface area contributed by atoms with Crippen molar-refractivity contribution in [3.8, 4) is 0 Å². The number of nitrogens with zero attached hydrogens (tertiary/aromatic N) is 3. The Balaban J connectivity index is 1.99. The fourth-order valence-corrected chi connectivity index (χ4v) is 4.40. The Morgan fingerprint density at radius 2 is 1.96 bits per heavy atom. The summed E-state index contributed by atoms with van der Waals surface area (Å²) in [6.07, 6.45) is 8.20. The third-order valence-corrected chi connectivity index (χ3v) is 5.71. The zero-order chi connectivity index (χ0) is 16.3. The highest BCUT2D eigenvalue weighted by molar-refractivity contribution is 7.89. The summed E-state index contributed by atoms with van der Waals surface area (Å²) in [6.45, 7) is 1.70. The summed E-state index contributed by atoms with van der Waals surface area (Å²) in [5, 5.41) is 4.00. The smallest absolute Gasteiger partial charge is 0.243 e. The van der Waals surface area contributed by atoms with Crippen LogP contribution in [0, 0.1) is 6.92 Å². The Hall–Kier alpha value is -1.80. The zero-order valence-corrected chi connectivity index (χ0v) is 13.8. The van der Waals surface area contributed by atoms with Gasteiger partial charge in [0.1, 0.15) is 4.90 Å². The molecule has 0 bridgehead atoms. The number of hydrogen-bond donors (Lipinski definition) is 1. The summed E-state index contributed by atoms with van der Waals surface area (Å²) in [7, 11) is -3.71. The van der Waals surface area contributed by atoms with Crippen molar-refractivity contribution in [2.24, 2.45) is 0 Å². The lowest BCUT2D eigenvalue weighted by atomic mass is 9.91. The van der Waals surface area contributed by atoms with E-state index >= 15 is 0 Å². The zero-order valence-electron chi connectivity index (χ0n) is 13.0. The highest BCUT2D eigenvalue weighted by Gasteiger charge is 2.41. The molecule has 1 aliphatic carbocycles. The van der Waals surface area contributed by atoms with Crippen LogP contribution in [0.5, 0.6) is 0 Å². The molecule has 0 unspecified atom stereocenters. The predicted octanol–water partition coefficient (Wildman–Crippen LogP) is 2.30. The Labute approximate surface area is 135 Å². The maximum Gasteiger partial charge on any atom is 0.243 e. The van der Waals surface area contributed by atoms with E-state index in [9.17, 15) is 8.42 Å². The van der Waals surface area contributed by atoms with Gasteiger partial charge >= 0.3 is 0 Å². The Kier molecular flexibility index (Phi) is 4.45. The van der Waals surface area contributed by atoms with Crippen LogP contribution in [-0.4, -0.2) is 23.5 Å². The second kappa shape index (κ2) is 6.37. The third-order valence-electron chi connectivity index (χ3n) is 4.19. The number of rotatable bonds is 4. The van der Waals surface area contributed by atoms with Crippen molar-refractivity contribution < 1.29 is 12.9 Å². The number of aromatic nitrogens is 3. The fourth-order valence-electron chi connectivity index (χ4n) is 3.02. The molecule has 0 amide bonds. The van der Waals surface area contributed by atoms with Gasteiger partial charge in [0.2, 0.25) is 15.9 Å². The van der Waals surface area contributed by atoms with E-state index in [0.717, 1.165) is 25.7 Å². The number of pyridine rings is 1. The first kappa shape index (κ1) is 16.1. The van der Waals surface area contributed by atoms with Gasteiger partial charge in [-0.15, -0.1) is 0 Å². The van der Waals surface area contributed by atoms with Gasteiger partial charge in [-0.25, -0.2) is 8.42 Å². The van der Waals surface area contributed by atoms with Crippen molar-refractivity contribution in [1.29, 1.82) is 0 Å². The topological polar surface area (TPSA) is 98.0 Å². The average Bonchev–Trinajstić information content (AvgIpc) is 2.85. The Bertz CT molecular complexity index is 750. The quantitative estimate of drug-likeness (QED) is 0.860. The molecule has 3 rings (SSSR count). The summed E-state index contributed by atoms with van der Waals surface area (Å²) >= 11 is 0. The molecule has 2 aromatic heterocycles. The van der Waals surface area contributed by atoms with Gasteiger partial charge in [0.15, 0.2) is 5.82 Å². The van der Waals surface area contributed by atoms with Crippen LogP contribution >= 0.6 is 0 Å². The maximum absolute atomic E-state index is 12.8. The normalized spacial score (nSPS) is 18.5. The van der Waals surface area contributed by atoms with E-state index in [1.807, 2.05) is 0 Å². The van der Waals surface area contributed by atoms with E-state index in [4.69, 9.17) is 4.52 Å². The fraction of sp³-hybridized carbons (Fsp3) is 0.533. The molecular formula is C15H20N4O3S. The number of sulfonamides is 1. The standard InChI is InChI=1S/C15H20N4O3S/c1-12-17-14(18-22-12)15(8-4-2-3-5-9-15)19-23(20,21)13-7-6-10-16-11-13/h6-7,10-11,19H,2-5,8-9H2,1H3. The largest absolute Gasteiger partial charge is 0.340 e. The molecule has 0 saturated heterocycles. The van der Waals surface area contributed by atoms with Crippen LogP contribution < -0.4 is 4.72 Å². The van der Waals surface area contributed by atoms with Crippen LogP contribution in [0.25, 0.3) is 0 Å². The Morgan fingerprint density at radius 3 is 2.52 bits per heavy atom. The first-order chi connectivity index (χ1) is 11.0. The van der Waals surface area contributed by atoms with Crippen molar-refractivity contribution >= 4 is 10.0 Å². The van der Waals surface area contributed by atoms with Crippen molar-refractivity contribution in [3.63, 3.8) is 0 Å². The van der Waals surface area contributed by atoms with E-state index in [2.05, 4.69) is 19.8 Å². The Morgan fingerprint density at radius 1 is 1.22 bits per heavy atom. The van der Waals surface area contributed by atoms with Gasteiger partial charge in [-0.3, -0.25) is 4.98 Å². The highest BCUT2D eigenvalue weighted by atomic mass is 32.2. The van der Waals surface area contributed by atoms with Gasteiger partial charge in [-0.2, -0.15) is 9.71 Å². The van der Waals surface area contributed by atoms with E-state index < -0.39 is 15.6 Å².